The molecule has 0 fully saturated rings. The SMILES string of the molecule is COc1ccc(CCC(=O)c2ccc(Cl)cn2)cc1. The standard InChI is InChI=1S/C15H14ClNO2/c1-19-13-6-2-11(3-7-13)4-9-15(18)14-8-5-12(16)10-17-14/h2-3,5-8,10H,4,9H2,1H3. The Bertz CT molecular complexity index is 549. The molecule has 0 amide bonds. The van der Waals surface area contributed by atoms with E-state index in [2.05, 4.69) is 4.98 Å². The minimum Gasteiger partial charge on any atom is -0.497 e. The van der Waals surface area contributed by atoms with Gasteiger partial charge in [-0.25, -0.2) is 0 Å². The molecule has 1 aromatic carbocycles. The minimum atomic E-state index is 0.0208. The highest BCUT2D eigenvalue weighted by Gasteiger charge is 2.07. The molecule has 0 spiro atoms. The molecule has 2 aromatic rings. The summed E-state index contributed by atoms with van der Waals surface area (Å²) in [5, 5.41) is 0.534. The highest BCUT2D eigenvalue weighted by molar-refractivity contribution is 6.30. The molecule has 0 unspecified atom stereocenters. The van der Waals surface area contributed by atoms with Crippen LogP contribution in [0, 0.1) is 0 Å². The van der Waals surface area contributed by atoms with Crippen LogP contribution in [0.2, 0.25) is 5.02 Å². The number of halogens is 1. The van der Waals surface area contributed by atoms with Crippen LogP contribution >= 0.6 is 11.6 Å². The van der Waals surface area contributed by atoms with E-state index in [0.717, 1.165) is 11.3 Å². The maximum absolute atomic E-state index is 11.9. The number of benzene rings is 1. The van der Waals surface area contributed by atoms with Crippen LogP contribution < -0.4 is 4.74 Å². The molecule has 0 aliphatic rings. The van der Waals surface area contributed by atoms with Gasteiger partial charge in [0.25, 0.3) is 0 Å². The smallest absolute Gasteiger partial charge is 0.181 e. The van der Waals surface area contributed by atoms with Crippen molar-refractivity contribution in [1.29, 1.82) is 0 Å². The highest BCUT2D eigenvalue weighted by atomic mass is 35.5. The maximum Gasteiger partial charge on any atom is 0.181 e. The van der Waals surface area contributed by atoms with Crippen molar-refractivity contribution in [3.63, 3.8) is 0 Å². The van der Waals surface area contributed by atoms with E-state index >= 15 is 0 Å². The molecule has 1 heterocycles. The van der Waals surface area contributed by atoms with Crippen LogP contribution in [-0.4, -0.2) is 17.9 Å². The van der Waals surface area contributed by atoms with E-state index in [1.807, 2.05) is 24.3 Å². The molecule has 0 saturated heterocycles. The number of hydrogen-bond acceptors (Lipinski definition) is 3. The van der Waals surface area contributed by atoms with Crippen molar-refractivity contribution >= 4 is 17.4 Å². The number of aryl methyl sites for hydroxylation is 1. The summed E-state index contributed by atoms with van der Waals surface area (Å²) in [6, 6.07) is 11.0. The minimum absolute atomic E-state index is 0.0208. The second-order valence-corrected chi connectivity index (χ2v) is 4.57. The Morgan fingerprint density at radius 3 is 2.53 bits per heavy atom. The Kier molecular flexibility index (Phi) is 4.53. The van der Waals surface area contributed by atoms with Gasteiger partial charge in [0.05, 0.1) is 12.1 Å². The zero-order valence-corrected chi connectivity index (χ0v) is 11.4. The molecule has 0 saturated carbocycles. The van der Waals surface area contributed by atoms with E-state index in [0.29, 0.717) is 23.6 Å². The Balaban J connectivity index is 1.94. The summed E-state index contributed by atoms with van der Waals surface area (Å²) in [5.41, 5.74) is 1.56. The number of carbonyl (C=O) groups is 1. The molecular formula is C15H14ClNO2. The highest BCUT2D eigenvalue weighted by Crippen LogP contribution is 2.14. The Labute approximate surface area is 117 Å². The van der Waals surface area contributed by atoms with Gasteiger partial charge in [-0.05, 0) is 36.2 Å². The molecule has 0 N–H and O–H groups in total. The van der Waals surface area contributed by atoms with Crippen LogP contribution in [-0.2, 0) is 6.42 Å². The van der Waals surface area contributed by atoms with Crippen LogP contribution in [0.15, 0.2) is 42.6 Å². The first-order valence-corrected chi connectivity index (χ1v) is 6.34. The van der Waals surface area contributed by atoms with Gasteiger partial charge < -0.3 is 4.74 Å². The third-order valence-electron chi connectivity index (χ3n) is 2.81. The predicted octanol–water partition coefficient (Wildman–Crippen LogP) is 3.56. The van der Waals surface area contributed by atoms with Crippen molar-refractivity contribution < 1.29 is 9.53 Å². The lowest BCUT2D eigenvalue weighted by Crippen LogP contribution is -2.03. The fourth-order valence-corrected chi connectivity index (χ4v) is 1.83. The first kappa shape index (κ1) is 13.6. The molecule has 0 atom stereocenters. The number of aromatic nitrogens is 1. The number of Topliss-reactive ketones (excluding diaryl/α,β-unsaturated/α-hetero) is 1. The summed E-state index contributed by atoms with van der Waals surface area (Å²) >= 11 is 5.73. The van der Waals surface area contributed by atoms with E-state index in [4.69, 9.17) is 16.3 Å². The molecule has 19 heavy (non-hydrogen) atoms. The fraction of sp³-hybridized carbons (Fsp3) is 0.200. The lowest BCUT2D eigenvalue weighted by Gasteiger charge is -2.03. The van der Waals surface area contributed by atoms with Crippen molar-refractivity contribution in [1.82, 2.24) is 4.98 Å². The maximum atomic E-state index is 11.9. The summed E-state index contributed by atoms with van der Waals surface area (Å²) in [4.78, 5) is 15.9. The van der Waals surface area contributed by atoms with E-state index in [1.54, 1.807) is 19.2 Å². The summed E-state index contributed by atoms with van der Waals surface area (Å²) in [5.74, 6) is 0.835. The van der Waals surface area contributed by atoms with Gasteiger partial charge in [0, 0.05) is 12.6 Å². The number of pyridine rings is 1. The number of nitrogens with zero attached hydrogens (tertiary/aromatic N) is 1. The van der Waals surface area contributed by atoms with Crippen molar-refractivity contribution in [2.75, 3.05) is 7.11 Å². The van der Waals surface area contributed by atoms with Crippen LogP contribution in [0.1, 0.15) is 22.5 Å². The van der Waals surface area contributed by atoms with Crippen LogP contribution in [0.25, 0.3) is 0 Å². The van der Waals surface area contributed by atoms with Crippen LogP contribution in [0.4, 0.5) is 0 Å². The normalized spacial score (nSPS) is 10.2. The molecule has 1 aromatic heterocycles. The zero-order valence-electron chi connectivity index (χ0n) is 10.6. The molecular weight excluding hydrogens is 262 g/mol. The van der Waals surface area contributed by atoms with E-state index < -0.39 is 0 Å². The summed E-state index contributed by atoms with van der Waals surface area (Å²) < 4.78 is 5.09. The third kappa shape index (κ3) is 3.80. The average Bonchev–Trinajstić information content (AvgIpc) is 2.46. The van der Waals surface area contributed by atoms with E-state index in [9.17, 15) is 4.79 Å². The lowest BCUT2D eigenvalue weighted by molar-refractivity contribution is 0.0978. The molecule has 98 valence electrons. The molecule has 0 aliphatic heterocycles. The second-order valence-electron chi connectivity index (χ2n) is 4.13. The Morgan fingerprint density at radius 2 is 1.95 bits per heavy atom. The van der Waals surface area contributed by atoms with Gasteiger partial charge in [-0.15, -0.1) is 0 Å². The number of hydrogen-bond donors (Lipinski definition) is 0. The number of ether oxygens (including phenoxy) is 1. The largest absolute Gasteiger partial charge is 0.497 e. The topological polar surface area (TPSA) is 39.2 Å². The van der Waals surface area contributed by atoms with Gasteiger partial charge >= 0.3 is 0 Å². The van der Waals surface area contributed by atoms with Crippen molar-refractivity contribution in [2.24, 2.45) is 0 Å². The van der Waals surface area contributed by atoms with Crippen molar-refractivity contribution in [2.45, 2.75) is 12.8 Å². The van der Waals surface area contributed by atoms with Gasteiger partial charge in [0.15, 0.2) is 5.78 Å². The average molecular weight is 276 g/mol. The van der Waals surface area contributed by atoms with E-state index in [1.165, 1.54) is 6.20 Å². The van der Waals surface area contributed by atoms with Crippen LogP contribution in [0.5, 0.6) is 5.75 Å². The Morgan fingerprint density at radius 1 is 1.21 bits per heavy atom. The lowest BCUT2D eigenvalue weighted by atomic mass is 10.1. The fourth-order valence-electron chi connectivity index (χ4n) is 1.72. The molecule has 4 heteroatoms. The molecule has 0 radical (unpaired) electrons. The van der Waals surface area contributed by atoms with Crippen molar-refractivity contribution in [3.05, 3.63) is 58.9 Å². The predicted molar refractivity (Wildman–Crippen MR) is 74.9 cm³/mol. The van der Waals surface area contributed by atoms with Gasteiger partial charge in [-0.3, -0.25) is 9.78 Å². The number of carbonyl (C=O) groups excluding carboxylic acids is 1. The molecule has 0 bridgehead atoms. The number of rotatable bonds is 5. The molecule has 0 aliphatic carbocycles. The number of ketones is 1. The van der Waals surface area contributed by atoms with E-state index in [-0.39, 0.29) is 5.78 Å². The second kappa shape index (κ2) is 6.34. The van der Waals surface area contributed by atoms with Gasteiger partial charge in [0.2, 0.25) is 0 Å². The van der Waals surface area contributed by atoms with Gasteiger partial charge in [-0.2, -0.15) is 0 Å². The summed E-state index contributed by atoms with van der Waals surface area (Å²) in [6.07, 6.45) is 2.61. The van der Waals surface area contributed by atoms with Crippen molar-refractivity contribution in [3.8, 4) is 5.75 Å². The third-order valence-corrected chi connectivity index (χ3v) is 3.04. The zero-order chi connectivity index (χ0) is 13.7. The molecule has 3 nitrogen and oxygen atoms in total. The first-order chi connectivity index (χ1) is 9.19. The molecule has 2 rings (SSSR count). The van der Waals surface area contributed by atoms with Crippen LogP contribution in [0.3, 0.4) is 0 Å². The first-order valence-electron chi connectivity index (χ1n) is 5.97. The monoisotopic (exact) mass is 275 g/mol. The quantitative estimate of drug-likeness (QED) is 0.783. The number of methoxy groups -OCH3 is 1. The van der Waals surface area contributed by atoms with Gasteiger partial charge in [-0.1, -0.05) is 23.7 Å². The Hall–Kier alpha value is -1.87. The summed E-state index contributed by atoms with van der Waals surface area (Å²) in [7, 11) is 1.63. The summed E-state index contributed by atoms with van der Waals surface area (Å²) in [6.45, 7) is 0. The van der Waals surface area contributed by atoms with Gasteiger partial charge in [0.1, 0.15) is 11.4 Å².